The van der Waals surface area contributed by atoms with E-state index in [1.165, 1.54) is 12.3 Å². The Bertz CT molecular complexity index is 1600. The molecule has 6 rings (SSSR count). The number of alkyl halides is 3. The molecule has 42 heavy (non-hydrogen) atoms. The van der Waals surface area contributed by atoms with E-state index in [4.69, 9.17) is 0 Å². The Morgan fingerprint density at radius 1 is 1.05 bits per heavy atom. The van der Waals surface area contributed by atoms with Gasteiger partial charge in [0, 0.05) is 62.0 Å². The Labute approximate surface area is 242 Å². The molecule has 3 aromatic rings. The summed E-state index contributed by atoms with van der Waals surface area (Å²) in [6.45, 7) is 6.21. The van der Waals surface area contributed by atoms with Crippen molar-refractivity contribution in [3.8, 4) is 0 Å². The van der Waals surface area contributed by atoms with E-state index in [0.29, 0.717) is 61.1 Å². The molecule has 1 aromatic carbocycles. The Hall–Kier alpha value is -4.02. The number of rotatable bonds is 5. The predicted octanol–water partition coefficient (Wildman–Crippen LogP) is 4.75. The summed E-state index contributed by atoms with van der Waals surface area (Å²) in [6, 6.07) is 5.64. The van der Waals surface area contributed by atoms with Crippen LogP contribution >= 0.6 is 0 Å². The Balaban J connectivity index is 1.13. The summed E-state index contributed by atoms with van der Waals surface area (Å²) in [5, 5.41) is 0. The summed E-state index contributed by atoms with van der Waals surface area (Å²) in [5.41, 5.74) is 2.88. The fourth-order valence-electron chi connectivity index (χ4n) is 6.43. The second-order valence-electron chi connectivity index (χ2n) is 11.6. The number of aryl methyl sites for hydroxylation is 1. The SMILES string of the molecule is Cc1cc(Cc2nccn3c(C4=CCN=C4C(F)(F)F)cnc23)ccc1C(=O)N1CCN(C(=O)[C@@H]2CC[C@@H](C)C2)CC1. The lowest BCUT2D eigenvalue weighted by Gasteiger charge is -2.36. The first-order chi connectivity index (χ1) is 20.1. The highest BCUT2D eigenvalue weighted by atomic mass is 19.4. The van der Waals surface area contributed by atoms with Crippen molar-refractivity contribution in [1.29, 1.82) is 0 Å². The number of benzene rings is 1. The molecule has 2 fully saturated rings. The summed E-state index contributed by atoms with van der Waals surface area (Å²) in [6.07, 6.45) is 4.91. The van der Waals surface area contributed by atoms with E-state index in [-0.39, 0.29) is 29.9 Å². The summed E-state index contributed by atoms with van der Waals surface area (Å²) in [5.74, 6) is 0.904. The van der Waals surface area contributed by atoms with Crippen LogP contribution in [0, 0.1) is 18.8 Å². The van der Waals surface area contributed by atoms with Crippen LogP contribution in [0.3, 0.4) is 0 Å². The van der Waals surface area contributed by atoms with E-state index < -0.39 is 11.9 Å². The third-order valence-electron chi connectivity index (χ3n) is 8.66. The zero-order valence-corrected chi connectivity index (χ0v) is 23.7. The van der Waals surface area contributed by atoms with Crippen molar-refractivity contribution in [1.82, 2.24) is 24.2 Å². The Morgan fingerprint density at radius 2 is 1.81 bits per heavy atom. The number of hydrogen-bond donors (Lipinski definition) is 0. The van der Waals surface area contributed by atoms with E-state index >= 15 is 0 Å². The molecule has 220 valence electrons. The molecular weight excluding hydrogens is 545 g/mol. The lowest BCUT2D eigenvalue weighted by Crippen LogP contribution is -2.51. The molecule has 2 amide bonds. The van der Waals surface area contributed by atoms with Gasteiger partial charge in [0.25, 0.3) is 5.91 Å². The first-order valence-electron chi connectivity index (χ1n) is 14.4. The molecule has 1 aliphatic carbocycles. The molecule has 8 nitrogen and oxygen atoms in total. The number of aliphatic imine (C=N–C) groups is 1. The van der Waals surface area contributed by atoms with Crippen molar-refractivity contribution in [2.75, 3.05) is 32.7 Å². The van der Waals surface area contributed by atoms with Crippen molar-refractivity contribution >= 4 is 28.7 Å². The van der Waals surface area contributed by atoms with Crippen molar-refractivity contribution in [2.24, 2.45) is 16.8 Å². The van der Waals surface area contributed by atoms with Crippen LogP contribution in [-0.4, -0.2) is 80.6 Å². The monoisotopic (exact) mass is 578 g/mol. The molecule has 2 aliphatic heterocycles. The summed E-state index contributed by atoms with van der Waals surface area (Å²) < 4.78 is 42.0. The van der Waals surface area contributed by atoms with Crippen molar-refractivity contribution < 1.29 is 22.8 Å². The quantitative estimate of drug-likeness (QED) is 0.438. The van der Waals surface area contributed by atoms with Crippen LogP contribution in [0.2, 0.25) is 0 Å². The lowest BCUT2D eigenvalue weighted by atomic mass is 10.0. The number of aromatic nitrogens is 3. The second-order valence-corrected chi connectivity index (χ2v) is 11.6. The van der Waals surface area contributed by atoms with Gasteiger partial charge in [-0.1, -0.05) is 25.1 Å². The third kappa shape index (κ3) is 5.32. The van der Waals surface area contributed by atoms with E-state index in [2.05, 4.69) is 21.9 Å². The van der Waals surface area contributed by atoms with Crippen molar-refractivity contribution in [3.63, 3.8) is 0 Å². The minimum Gasteiger partial charge on any atom is -0.339 e. The fourth-order valence-corrected chi connectivity index (χ4v) is 6.43. The van der Waals surface area contributed by atoms with Crippen LogP contribution in [-0.2, 0) is 11.2 Å². The normalized spacial score (nSPS) is 21.2. The summed E-state index contributed by atoms with van der Waals surface area (Å²) in [4.78, 5) is 42.5. The maximum atomic E-state index is 13.5. The Kier molecular flexibility index (Phi) is 7.36. The van der Waals surface area contributed by atoms with E-state index in [1.807, 2.05) is 34.9 Å². The first kappa shape index (κ1) is 28.1. The van der Waals surface area contributed by atoms with Crippen LogP contribution in [0.15, 0.2) is 47.9 Å². The zero-order chi connectivity index (χ0) is 29.6. The molecule has 0 bridgehead atoms. The standard InChI is InChI=1S/C31H33F3N6O2/c1-19-3-5-22(15-19)29(41)38-11-13-39(14-12-38)30(42)23-6-4-21(16-20(23)2)17-25-28-37-18-26(40(28)10-9-35-25)24-7-8-36-27(24)31(32,33)34/h4,6-7,9-10,16,18-19,22H,3,5,8,11-15,17H2,1-2H3/t19-,22-/m1/s1. The molecule has 1 saturated heterocycles. The fraction of sp³-hybridized carbons (Fsp3) is 0.452. The van der Waals surface area contributed by atoms with Gasteiger partial charge in [-0.05, 0) is 49.3 Å². The molecule has 0 N–H and O–H groups in total. The van der Waals surface area contributed by atoms with Gasteiger partial charge < -0.3 is 9.80 Å². The maximum Gasteiger partial charge on any atom is 0.433 e. The Morgan fingerprint density at radius 3 is 2.50 bits per heavy atom. The van der Waals surface area contributed by atoms with Crippen LogP contribution in [0.4, 0.5) is 13.2 Å². The van der Waals surface area contributed by atoms with Crippen molar-refractivity contribution in [2.45, 2.75) is 45.7 Å². The predicted molar refractivity (Wildman–Crippen MR) is 152 cm³/mol. The van der Waals surface area contributed by atoms with Gasteiger partial charge in [-0.15, -0.1) is 0 Å². The smallest absolute Gasteiger partial charge is 0.339 e. The lowest BCUT2D eigenvalue weighted by molar-refractivity contribution is -0.136. The van der Waals surface area contributed by atoms with Crippen LogP contribution in [0.1, 0.15) is 59.1 Å². The average Bonchev–Trinajstić information content (AvgIpc) is 3.72. The van der Waals surface area contributed by atoms with Gasteiger partial charge in [0.2, 0.25) is 5.91 Å². The molecular formula is C31H33F3N6O2. The van der Waals surface area contributed by atoms with E-state index in [0.717, 1.165) is 30.4 Å². The molecule has 1 saturated carbocycles. The van der Waals surface area contributed by atoms with Gasteiger partial charge in [0.05, 0.1) is 24.1 Å². The highest BCUT2D eigenvalue weighted by molar-refractivity contribution is 6.27. The third-order valence-corrected chi connectivity index (χ3v) is 8.66. The number of halogens is 3. The first-order valence-corrected chi connectivity index (χ1v) is 14.4. The molecule has 0 spiro atoms. The van der Waals surface area contributed by atoms with E-state index in [9.17, 15) is 22.8 Å². The number of carbonyl (C=O) groups excluding carboxylic acids is 2. The van der Waals surface area contributed by atoms with Crippen LogP contribution in [0.25, 0.3) is 11.2 Å². The topological polar surface area (TPSA) is 83.2 Å². The number of imidazole rings is 1. The number of carbonyl (C=O) groups is 2. The minimum atomic E-state index is -4.54. The van der Waals surface area contributed by atoms with Gasteiger partial charge in [0.15, 0.2) is 5.65 Å². The maximum absolute atomic E-state index is 13.5. The highest BCUT2D eigenvalue weighted by Gasteiger charge is 2.40. The van der Waals surface area contributed by atoms with Crippen LogP contribution in [0.5, 0.6) is 0 Å². The largest absolute Gasteiger partial charge is 0.433 e. The van der Waals surface area contributed by atoms with Gasteiger partial charge in [-0.25, -0.2) is 4.98 Å². The number of piperazine rings is 1. The molecule has 11 heteroatoms. The number of fused-ring (bicyclic) bond motifs is 1. The molecule has 4 heterocycles. The molecule has 3 aliphatic rings. The van der Waals surface area contributed by atoms with Gasteiger partial charge in [-0.3, -0.25) is 24.0 Å². The van der Waals surface area contributed by atoms with Crippen LogP contribution < -0.4 is 0 Å². The molecule has 0 unspecified atom stereocenters. The molecule has 2 atom stereocenters. The highest BCUT2D eigenvalue weighted by Crippen LogP contribution is 2.33. The van der Waals surface area contributed by atoms with Crippen molar-refractivity contribution in [3.05, 3.63) is 70.9 Å². The number of amides is 2. The summed E-state index contributed by atoms with van der Waals surface area (Å²) in [7, 11) is 0. The number of allylic oxidation sites excluding steroid dienone is 1. The number of hydrogen-bond acceptors (Lipinski definition) is 5. The molecule has 0 radical (unpaired) electrons. The number of nitrogens with zero attached hydrogens (tertiary/aromatic N) is 6. The summed E-state index contributed by atoms with van der Waals surface area (Å²) >= 11 is 0. The minimum absolute atomic E-state index is 0.0178. The van der Waals surface area contributed by atoms with Gasteiger partial charge in [-0.2, -0.15) is 13.2 Å². The van der Waals surface area contributed by atoms with Gasteiger partial charge in [0.1, 0.15) is 5.71 Å². The molecule has 2 aromatic heterocycles. The zero-order valence-electron chi connectivity index (χ0n) is 23.7. The second kappa shape index (κ2) is 11.0. The van der Waals surface area contributed by atoms with E-state index in [1.54, 1.807) is 16.8 Å². The van der Waals surface area contributed by atoms with Gasteiger partial charge >= 0.3 is 6.18 Å². The average molecular weight is 579 g/mol.